The smallest absolute Gasteiger partial charge is 0.0942 e. The maximum absolute atomic E-state index is 9.41. The van der Waals surface area contributed by atoms with Gasteiger partial charge < -0.3 is 25.2 Å². The molecular weight excluding hydrogens is 268 g/mol. The van der Waals surface area contributed by atoms with Crippen LogP contribution in [-0.4, -0.2) is 55.8 Å². The Bertz CT molecular complexity index is 411. The van der Waals surface area contributed by atoms with Gasteiger partial charge in [0.15, 0.2) is 0 Å². The zero-order valence-electron chi connectivity index (χ0n) is 10.7. The first-order chi connectivity index (χ1) is 9.20. The van der Waals surface area contributed by atoms with Gasteiger partial charge in [-0.15, -0.1) is 0 Å². The van der Waals surface area contributed by atoms with Crippen LogP contribution < -0.4 is 10.2 Å². The highest BCUT2D eigenvalue weighted by molar-refractivity contribution is 6.31. The van der Waals surface area contributed by atoms with Gasteiger partial charge in [0, 0.05) is 24.7 Å². The van der Waals surface area contributed by atoms with Crippen molar-refractivity contribution in [2.45, 2.75) is 6.10 Å². The third-order valence-electron chi connectivity index (χ3n) is 3.05. The van der Waals surface area contributed by atoms with E-state index in [1.54, 1.807) is 0 Å². The highest BCUT2D eigenvalue weighted by Gasteiger charge is 2.15. The molecule has 0 spiro atoms. The fourth-order valence-electron chi connectivity index (χ4n) is 2.02. The minimum absolute atomic E-state index is 0.263. The van der Waals surface area contributed by atoms with Gasteiger partial charge in [-0.2, -0.15) is 0 Å². The second kappa shape index (κ2) is 6.96. The lowest BCUT2D eigenvalue weighted by atomic mass is 10.2. The first-order valence-corrected chi connectivity index (χ1v) is 6.73. The molecular formula is C13H19ClN2O3. The summed E-state index contributed by atoms with van der Waals surface area (Å²) >= 11 is 6.01. The zero-order valence-corrected chi connectivity index (χ0v) is 11.4. The Kier molecular flexibility index (Phi) is 5.27. The quantitative estimate of drug-likeness (QED) is 0.752. The van der Waals surface area contributed by atoms with E-state index >= 15 is 0 Å². The van der Waals surface area contributed by atoms with E-state index in [2.05, 4.69) is 10.2 Å². The van der Waals surface area contributed by atoms with Crippen LogP contribution in [0.15, 0.2) is 18.2 Å². The number of halogens is 1. The number of aliphatic hydroxyl groups is 2. The Labute approximate surface area is 117 Å². The number of ether oxygens (including phenoxy) is 1. The van der Waals surface area contributed by atoms with Crippen LogP contribution in [0.5, 0.6) is 0 Å². The molecule has 1 unspecified atom stereocenters. The molecule has 1 aromatic carbocycles. The van der Waals surface area contributed by atoms with Gasteiger partial charge in [-0.05, 0) is 18.2 Å². The first kappa shape index (κ1) is 14.4. The lowest BCUT2D eigenvalue weighted by Crippen LogP contribution is -2.36. The summed E-state index contributed by atoms with van der Waals surface area (Å²) in [6, 6.07) is 5.64. The van der Waals surface area contributed by atoms with Crippen molar-refractivity contribution in [3.63, 3.8) is 0 Å². The second-order valence-electron chi connectivity index (χ2n) is 4.48. The van der Waals surface area contributed by atoms with E-state index in [1.807, 2.05) is 18.2 Å². The highest BCUT2D eigenvalue weighted by Crippen LogP contribution is 2.29. The molecule has 0 bridgehead atoms. The topological polar surface area (TPSA) is 65.0 Å². The van der Waals surface area contributed by atoms with E-state index in [0.29, 0.717) is 18.2 Å². The molecule has 1 aliphatic rings. The van der Waals surface area contributed by atoms with Gasteiger partial charge >= 0.3 is 0 Å². The molecule has 0 saturated carbocycles. The number of hydrogen-bond donors (Lipinski definition) is 3. The van der Waals surface area contributed by atoms with Crippen molar-refractivity contribution in [3.05, 3.63) is 23.2 Å². The van der Waals surface area contributed by atoms with Crippen molar-refractivity contribution in [1.29, 1.82) is 0 Å². The van der Waals surface area contributed by atoms with Crippen molar-refractivity contribution < 1.29 is 14.9 Å². The number of rotatable bonds is 5. The summed E-state index contributed by atoms with van der Waals surface area (Å²) in [5.74, 6) is 0. The summed E-state index contributed by atoms with van der Waals surface area (Å²) < 4.78 is 5.34. The van der Waals surface area contributed by atoms with E-state index in [1.165, 1.54) is 0 Å². The molecule has 0 aliphatic carbocycles. The van der Waals surface area contributed by atoms with Gasteiger partial charge in [0.2, 0.25) is 0 Å². The van der Waals surface area contributed by atoms with E-state index in [4.69, 9.17) is 21.4 Å². The van der Waals surface area contributed by atoms with Crippen LogP contribution in [0.3, 0.4) is 0 Å². The fraction of sp³-hybridized carbons (Fsp3) is 0.538. The summed E-state index contributed by atoms with van der Waals surface area (Å²) in [6.45, 7) is 3.11. The molecule has 1 heterocycles. The molecule has 6 heteroatoms. The van der Waals surface area contributed by atoms with Crippen LogP contribution in [0.4, 0.5) is 11.4 Å². The first-order valence-electron chi connectivity index (χ1n) is 6.35. The van der Waals surface area contributed by atoms with Crippen molar-refractivity contribution in [1.82, 2.24) is 0 Å². The standard InChI is InChI=1S/C13H19ClN2O3/c14-10-1-2-13(16-3-5-19-6-4-16)12(7-10)15-8-11(18)9-17/h1-2,7,11,15,17-18H,3-6,8-9H2. The molecule has 1 saturated heterocycles. The fourth-order valence-corrected chi connectivity index (χ4v) is 2.19. The predicted octanol–water partition coefficient (Wildman–Crippen LogP) is 0.942. The Morgan fingerprint density at radius 3 is 2.79 bits per heavy atom. The maximum Gasteiger partial charge on any atom is 0.0942 e. The van der Waals surface area contributed by atoms with Crippen LogP contribution in [0, 0.1) is 0 Å². The lowest BCUT2D eigenvalue weighted by Gasteiger charge is -2.31. The minimum Gasteiger partial charge on any atom is -0.394 e. The summed E-state index contributed by atoms with van der Waals surface area (Å²) in [5.41, 5.74) is 1.90. The van der Waals surface area contributed by atoms with Gasteiger partial charge in [0.05, 0.1) is 37.3 Å². The lowest BCUT2D eigenvalue weighted by molar-refractivity contribution is 0.105. The number of morpholine rings is 1. The summed E-state index contributed by atoms with van der Waals surface area (Å²) in [7, 11) is 0. The normalized spacial score (nSPS) is 17.3. The molecule has 3 N–H and O–H groups in total. The number of aliphatic hydroxyl groups excluding tert-OH is 2. The monoisotopic (exact) mass is 286 g/mol. The van der Waals surface area contributed by atoms with Crippen LogP contribution in [0.25, 0.3) is 0 Å². The number of hydrogen-bond acceptors (Lipinski definition) is 5. The van der Waals surface area contributed by atoms with Crippen LogP contribution in [0.2, 0.25) is 5.02 Å². The molecule has 0 radical (unpaired) electrons. The number of nitrogens with one attached hydrogen (secondary N) is 1. The maximum atomic E-state index is 9.41. The summed E-state index contributed by atoms with van der Waals surface area (Å²) in [4.78, 5) is 2.22. The molecule has 1 aliphatic heterocycles. The average Bonchev–Trinajstić information content (AvgIpc) is 2.45. The Morgan fingerprint density at radius 2 is 2.11 bits per heavy atom. The van der Waals surface area contributed by atoms with E-state index in [0.717, 1.165) is 24.5 Å². The number of nitrogens with zero attached hydrogens (tertiary/aromatic N) is 1. The molecule has 0 aromatic heterocycles. The highest BCUT2D eigenvalue weighted by atomic mass is 35.5. The molecule has 19 heavy (non-hydrogen) atoms. The van der Waals surface area contributed by atoms with Crippen LogP contribution in [0.1, 0.15) is 0 Å². The van der Waals surface area contributed by atoms with Crippen molar-refractivity contribution in [2.24, 2.45) is 0 Å². The summed E-state index contributed by atoms with van der Waals surface area (Å²) in [6.07, 6.45) is -0.781. The predicted molar refractivity (Wildman–Crippen MR) is 76.1 cm³/mol. The summed E-state index contributed by atoms with van der Waals surface area (Å²) in [5, 5.41) is 22.0. The Hall–Kier alpha value is -1.01. The van der Waals surface area contributed by atoms with Gasteiger partial charge in [0.25, 0.3) is 0 Å². The van der Waals surface area contributed by atoms with Crippen molar-refractivity contribution in [3.8, 4) is 0 Å². The molecule has 1 aromatic rings. The molecule has 1 fully saturated rings. The number of benzene rings is 1. The van der Waals surface area contributed by atoms with E-state index < -0.39 is 6.10 Å². The SMILES string of the molecule is OCC(O)CNc1cc(Cl)ccc1N1CCOCC1. The van der Waals surface area contributed by atoms with E-state index in [9.17, 15) is 5.11 Å². The Morgan fingerprint density at radius 1 is 1.37 bits per heavy atom. The molecule has 106 valence electrons. The largest absolute Gasteiger partial charge is 0.394 e. The molecule has 0 amide bonds. The average molecular weight is 287 g/mol. The minimum atomic E-state index is -0.781. The third kappa shape index (κ3) is 3.98. The van der Waals surface area contributed by atoms with Gasteiger partial charge in [0.1, 0.15) is 0 Å². The van der Waals surface area contributed by atoms with Gasteiger partial charge in [-0.3, -0.25) is 0 Å². The molecule has 2 rings (SSSR count). The Balaban J connectivity index is 2.12. The zero-order chi connectivity index (χ0) is 13.7. The van der Waals surface area contributed by atoms with E-state index in [-0.39, 0.29) is 13.2 Å². The van der Waals surface area contributed by atoms with Crippen molar-refractivity contribution >= 4 is 23.0 Å². The third-order valence-corrected chi connectivity index (χ3v) is 3.28. The van der Waals surface area contributed by atoms with Crippen molar-refractivity contribution in [2.75, 3.05) is 49.7 Å². The molecule has 1 atom stereocenters. The van der Waals surface area contributed by atoms with Crippen LogP contribution in [-0.2, 0) is 4.74 Å². The number of anilines is 2. The van der Waals surface area contributed by atoms with Crippen LogP contribution >= 0.6 is 11.6 Å². The van der Waals surface area contributed by atoms with Gasteiger partial charge in [-0.25, -0.2) is 0 Å². The molecule has 5 nitrogen and oxygen atoms in total. The van der Waals surface area contributed by atoms with Gasteiger partial charge in [-0.1, -0.05) is 11.6 Å². The second-order valence-corrected chi connectivity index (χ2v) is 4.91.